The molecule has 1 heterocycles. The molecule has 0 saturated heterocycles. The Balaban J connectivity index is 2.19. The van der Waals surface area contributed by atoms with Crippen LogP contribution in [0.25, 0.3) is 10.9 Å². The number of carbonyl (C=O) groups is 2. The van der Waals surface area contributed by atoms with Crippen LogP contribution in [0.2, 0.25) is 0 Å². The van der Waals surface area contributed by atoms with Crippen LogP contribution in [-0.2, 0) is 14.3 Å². The number of benzene rings is 1. The Morgan fingerprint density at radius 1 is 1.19 bits per heavy atom. The van der Waals surface area contributed by atoms with E-state index >= 15 is 0 Å². The van der Waals surface area contributed by atoms with E-state index in [9.17, 15) is 19.8 Å². The fraction of sp³-hybridized carbons (Fsp3) is 0.474. The molecule has 0 aliphatic carbocycles. The van der Waals surface area contributed by atoms with Gasteiger partial charge in [-0.3, -0.25) is 9.36 Å². The summed E-state index contributed by atoms with van der Waals surface area (Å²) < 4.78 is 11.5. The van der Waals surface area contributed by atoms with Crippen LogP contribution in [0, 0.1) is 0 Å². The topological polar surface area (TPSA) is 98.0 Å². The zero-order valence-corrected chi connectivity index (χ0v) is 15.4. The number of hydrogen-bond acceptors (Lipinski definition) is 6. The van der Waals surface area contributed by atoms with Crippen LogP contribution in [0.15, 0.2) is 30.5 Å². The smallest absolute Gasteiger partial charge is 0.418 e. The van der Waals surface area contributed by atoms with Gasteiger partial charge in [-0.1, -0.05) is 6.07 Å². The Morgan fingerprint density at radius 2 is 1.88 bits per heavy atom. The highest BCUT2D eigenvalue weighted by Gasteiger charge is 2.23. The maximum absolute atomic E-state index is 12.2. The molecule has 2 atom stereocenters. The maximum Gasteiger partial charge on any atom is 0.418 e. The van der Waals surface area contributed by atoms with Gasteiger partial charge in [-0.05, 0) is 51.5 Å². The molecule has 1 aromatic heterocycles. The van der Waals surface area contributed by atoms with Crippen molar-refractivity contribution in [2.45, 2.75) is 51.9 Å². The lowest BCUT2D eigenvalue weighted by molar-refractivity contribution is -0.147. The van der Waals surface area contributed by atoms with Gasteiger partial charge in [-0.15, -0.1) is 0 Å². The first-order valence-electron chi connectivity index (χ1n) is 8.48. The Labute approximate surface area is 152 Å². The van der Waals surface area contributed by atoms with Crippen molar-refractivity contribution in [3.05, 3.63) is 36.0 Å². The summed E-state index contributed by atoms with van der Waals surface area (Å²) in [6.07, 6.45) is -1.73. The van der Waals surface area contributed by atoms with Crippen LogP contribution >= 0.6 is 0 Å². The normalized spacial score (nSPS) is 14.1. The molecular formula is C19H25NO6. The van der Waals surface area contributed by atoms with Crippen molar-refractivity contribution in [1.82, 2.24) is 4.57 Å². The first-order chi connectivity index (χ1) is 12.1. The van der Waals surface area contributed by atoms with Crippen LogP contribution in [0.5, 0.6) is 0 Å². The van der Waals surface area contributed by atoms with Gasteiger partial charge in [-0.25, -0.2) is 4.79 Å². The molecule has 26 heavy (non-hydrogen) atoms. The number of aromatic nitrogens is 1. The summed E-state index contributed by atoms with van der Waals surface area (Å²) in [7, 11) is 0. The van der Waals surface area contributed by atoms with Gasteiger partial charge >= 0.3 is 12.1 Å². The minimum atomic E-state index is -1.28. The quantitative estimate of drug-likeness (QED) is 0.793. The second-order valence-electron chi connectivity index (χ2n) is 7.01. The molecule has 1 aromatic carbocycles. The number of aliphatic hydroxyl groups excluding tert-OH is 2. The summed E-state index contributed by atoms with van der Waals surface area (Å²) >= 11 is 0. The average Bonchev–Trinajstić information content (AvgIpc) is 2.95. The average molecular weight is 363 g/mol. The maximum atomic E-state index is 12.2. The van der Waals surface area contributed by atoms with Crippen molar-refractivity contribution in [2.75, 3.05) is 6.61 Å². The summed E-state index contributed by atoms with van der Waals surface area (Å²) in [5.41, 5.74) is 0.451. The van der Waals surface area contributed by atoms with E-state index < -0.39 is 29.9 Å². The molecule has 2 unspecified atom stereocenters. The molecule has 0 bridgehead atoms. The number of esters is 1. The number of aliphatic hydroxyl groups is 2. The van der Waals surface area contributed by atoms with Crippen LogP contribution in [0.3, 0.4) is 0 Å². The number of fused-ring (bicyclic) bond motifs is 1. The summed E-state index contributed by atoms with van der Waals surface area (Å²) in [5.74, 6) is -0.573. The molecule has 0 radical (unpaired) electrons. The lowest BCUT2D eigenvalue weighted by Gasteiger charge is -2.20. The summed E-state index contributed by atoms with van der Waals surface area (Å²) in [6.45, 7) is 7.25. The van der Waals surface area contributed by atoms with Gasteiger partial charge in [-0.2, -0.15) is 0 Å². The molecule has 7 nitrogen and oxygen atoms in total. The number of rotatable bonds is 5. The molecule has 0 spiro atoms. The molecule has 142 valence electrons. The Bertz CT molecular complexity index is 789. The summed E-state index contributed by atoms with van der Waals surface area (Å²) in [4.78, 5) is 23.7. The van der Waals surface area contributed by atoms with Crippen molar-refractivity contribution in [3.8, 4) is 0 Å². The van der Waals surface area contributed by atoms with E-state index in [0.717, 1.165) is 0 Å². The predicted octanol–water partition coefficient (Wildman–Crippen LogP) is 2.77. The van der Waals surface area contributed by atoms with Gasteiger partial charge in [0.2, 0.25) is 0 Å². The Hall–Kier alpha value is -2.38. The van der Waals surface area contributed by atoms with Crippen LogP contribution in [0.1, 0.15) is 45.8 Å². The molecule has 2 N–H and O–H groups in total. The molecule has 0 aliphatic rings. The van der Waals surface area contributed by atoms with Crippen molar-refractivity contribution in [2.24, 2.45) is 0 Å². The van der Waals surface area contributed by atoms with E-state index in [2.05, 4.69) is 0 Å². The fourth-order valence-electron chi connectivity index (χ4n) is 2.54. The SMILES string of the molecule is CCOC(=O)CC(O)C(O)c1ccc2c(ccn2C(=O)OC(C)(C)C)c1. The number of hydrogen-bond donors (Lipinski definition) is 2. The van der Waals surface area contributed by atoms with E-state index in [4.69, 9.17) is 9.47 Å². The number of carbonyl (C=O) groups excluding carboxylic acids is 2. The summed E-state index contributed by atoms with van der Waals surface area (Å²) in [6, 6.07) is 6.64. The highest BCUT2D eigenvalue weighted by Crippen LogP contribution is 2.25. The summed E-state index contributed by atoms with van der Waals surface area (Å²) in [5, 5.41) is 21.0. The second-order valence-corrected chi connectivity index (χ2v) is 7.01. The highest BCUT2D eigenvalue weighted by molar-refractivity contribution is 5.90. The first-order valence-corrected chi connectivity index (χ1v) is 8.48. The Kier molecular flexibility index (Phi) is 6.05. The number of nitrogens with zero attached hydrogens (tertiary/aromatic N) is 1. The third kappa shape index (κ3) is 4.83. The first kappa shape index (κ1) is 19.9. The van der Waals surface area contributed by atoms with E-state index in [1.165, 1.54) is 4.57 Å². The monoisotopic (exact) mass is 363 g/mol. The van der Waals surface area contributed by atoms with Crippen molar-refractivity contribution in [3.63, 3.8) is 0 Å². The van der Waals surface area contributed by atoms with E-state index in [1.807, 2.05) is 0 Å². The lowest BCUT2D eigenvalue weighted by atomic mass is 10.0. The molecule has 0 fully saturated rings. The fourth-order valence-corrected chi connectivity index (χ4v) is 2.54. The van der Waals surface area contributed by atoms with Crippen LogP contribution in [0.4, 0.5) is 4.79 Å². The third-order valence-corrected chi connectivity index (χ3v) is 3.69. The molecule has 7 heteroatoms. The largest absolute Gasteiger partial charge is 0.466 e. The molecule has 2 rings (SSSR count). The molecular weight excluding hydrogens is 338 g/mol. The third-order valence-electron chi connectivity index (χ3n) is 3.69. The lowest BCUT2D eigenvalue weighted by Crippen LogP contribution is -2.26. The number of ether oxygens (including phenoxy) is 2. The van der Waals surface area contributed by atoms with Gasteiger partial charge < -0.3 is 19.7 Å². The predicted molar refractivity (Wildman–Crippen MR) is 95.8 cm³/mol. The van der Waals surface area contributed by atoms with Gasteiger partial charge in [0.05, 0.1) is 24.6 Å². The Morgan fingerprint density at radius 3 is 2.50 bits per heavy atom. The van der Waals surface area contributed by atoms with Gasteiger partial charge in [0.25, 0.3) is 0 Å². The van der Waals surface area contributed by atoms with E-state index in [-0.39, 0.29) is 13.0 Å². The van der Waals surface area contributed by atoms with Gasteiger partial charge in [0, 0.05) is 11.6 Å². The van der Waals surface area contributed by atoms with Crippen molar-refractivity contribution in [1.29, 1.82) is 0 Å². The molecule has 0 saturated carbocycles. The second kappa shape index (κ2) is 7.88. The van der Waals surface area contributed by atoms with Crippen molar-refractivity contribution < 1.29 is 29.3 Å². The van der Waals surface area contributed by atoms with Crippen molar-refractivity contribution >= 4 is 23.0 Å². The molecule has 0 amide bonds. The zero-order chi connectivity index (χ0) is 19.5. The van der Waals surface area contributed by atoms with E-state index in [1.54, 1.807) is 58.2 Å². The molecule has 2 aromatic rings. The van der Waals surface area contributed by atoms with Crippen LogP contribution < -0.4 is 0 Å². The van der Waals surface area contributed by atoms with Gasteiger partial charge in [0.1, 0.15) is 11.7 Å². The highest BCUT2D eigenvalue weighted by atomic mass is 16.6. The molecule has 0 aliphatic heterocycles. The minimum absolute atomic E-state index is 0.214. The standard InChI is InChI=1S/C19H25NO6/c1-5-25-16(22)11-15(21)17(23)13-6-7-14-12(10-13)8-9-20(14)18(24)26-19(2,3)4/h6-10,15,17,21,23H,5,11H2,1-4H3. The van der Waals surface area contributed by atoms with Crippen LogP contribution in [-0.4, -0.2) is 45.2 Å². The van der Waals surface area contributed by atoms with E-state index in [0.29, 0.717) is 16.5 Å². The van der Waals surface area contributed by atoms with Gasteiger partial charge in [0.15, 0.2) is 0 Å². The zero-order valence-electron chi connectivity index (χ0n) is 15.4. The minimum Gasteiger partial charge on any atom is -0.466 e.